The maximum atomic E-state index is 12.5. The van der Waals surface area contributed by atoms with Crippen LogP contribution in [-0.4, -0.2) is 53.1 Å². The molecule has 0 saturated heterocycles. The van der Waals surface area contributed by atoms with Gasteiger partial charge in [-0.05, 0) is 44.7 Å². The second-order valence-electron chi connectivity index (χ2n) is 7.61. The molecule has 1 amide bonds. The molecule has 2 aromatic rings. The van der Waals surface area contributed by atoms with Gasteiger partial charge in [-0.3, -0.25) is 4.79 Å². The number of amides is 1. The third-order valence-corrected chi connectivity index (χ3v) is 5.17. The maximum absolute atomic E-state index is 12.5. The average molecular weight is 434 g/mol. The van der Waals surface area contributed by atoms with Crippen LogP contribution in [0.1, 0.15) is 52.0 Å². The topological polar surface area (TPSA) is 107 Å². The fourth-order valence-corrected chi connectivity index (χ4v) is 3.65. The van der Waals surface area contributed by atoms with Crippen molar-refractivity contribution in [3.8, 4) is 0 Å². The van der Waals surface area contributed by atoms with Gasteiger partial charge in [0.25, 0.3) is 5.91 Å². The number of anilines is 2. The number of benzene rings is 1. The molecule has 3 N–H and O–H groups in total. The first-order valence-electron chi connectivity index (χ1n) is 9.76. The van der Waals surface area contributed by atoms with Crippen LogP contribution >= 0.6 is 12.4 Å². The van der Waals surface area contributed by atoms with Crippen LogP contribution in [0.5, 0.6) is 0 Å². The number of aromatic nitrogens is 2. The summed E-state index contributed by atoms with van der Waals surface area (Å²) in [5.74, 6) is 0.0680. The summed E-state index contributed by atoms with van der Waals surface area (Å²) in [7, 11) is 3.91. The molecule has 1 aromatic heterocycles. The minimum atomic E-state index is -1.10. The molecule has 0 aliphatic heterocycles. The lowest BCUT2D eigenvalue weighted by Gasteiger charge is -2.30. The molecule has 1 fully saturated rings. The number of carboxylic acids is 1. The predicted octanol–water partition coefficient (Wildman–Crippen LogP) is 3.12. The molecule has 1 aliphatic rings. The predicted molar refractivity (Wildman–Crippen MR) is 119 cm³/mol. The minimum Gasteiger partial charge on any atom is -0.478 e. The van der Waals surface area contributed by atoms with E-state index < -0.39 is 5.97 Å². The summed E-state index contributed by atoms with van der Waals surface area (Å²) in [4.78, 5) is 34.8. The SMILES string of the molecule is Cc1cnc(NC2CCC(NC(=O)c3ccccc3C(=O)O)CC2)nc1N(C)C.Cl. The van der Waals surface area contributed by atoms with Gasteiger partial charge >= 0.3 is 5.97 Å². The zero-order chi connectivity index (χ0) is 21.0. The van der Waals surface area contributed by atoms with Crippen LogP contribution in [0.25, 0.3) is 0 Å². The van der Waals surface area contributed by atoms with Crippen LogP contribution in [0, 0.1) is 6.92 Å². The van der Waals surface area contributed by atoms with Crippen molar-refractivity contribution in [2.24, 2.45) is 0 Å². The molecule has 0 spiro atoms. The van der Waals surface area contributed by atoms with Gasteiger partial charge in [0.05, 0.1) is 11.1 Å². The van der Waals surface area contributed by atoms with Gasteiger partial charge in [-0.25, -0.2) is 9.78 Å². The fourth-order valence-electron chi connectivity index (χ4n) is 3.65. The number of hydrogen-bond donors (Lipinski definition) is 3. The molecule has 8 nitrogen and oxygen atoms in total. The first kappa shape index (κ1) is 23.4. The molecule has 0 atom stereocenters. The largest absolute Gasteiger partial charge is 0.478 e. The molecule has 1 aromatic carbocycles. The Bertz CT molecular complexity index is 898. The normalized spacial score (nSPS) is 18.1. The number of aryl methyl sites for hydroxylation is 1. The lowest BCUT2D eigenvalue weighted by molar-refractivity contribution is 0.0690. The van der Waals surface area contributed by atoms with Gasteiger partial charge in [-0.15, -0.1) is 12.4 Å². The van der Waals surface area contributed by atoms with Gasteiger partial charge in [0.2, 0.25) is 5.95 Å². The molecular weight excluding hydrogens is 406 g/mol. The third kappa shape index (κ3) is 5.60. The Hall–Kier alpha value is -2.87. The molecule has 162 valence electrons. The quantitative estimate of drug-likeness (QED) is 0.642. The highest BCUT2D eigenvalue weighted by atomic mass is 35.5. The standard InChI is InChI=1S/C21H27N5O3.ClH/c1-13-12-22-21(25-18(13)26(2)3)24-15-10-8-14(9-11-15)23-19(27)16-6-4-5-7-17(16)20(28)29;/h4-7,12,14-15H,8-11H2,1-3H3,(H,23,27)(H,28,29)(H,22,24,25);1H. The van der Waals surface area contributed by atoms with Crippen LogP contribution in [0.15, 0.2) is 30.5 Å². The zero-order valence-electron chi connectivity index (χ0n) is 17.4. The summed E-state index contributed by atoms with van der Waals surface area (Å²) in [6.07, 6.45) is 5.19. The highest BCUT2D eigenvalue weighted by Gasteiger charge is 2.25. The van der Waals surface area contributed by atoms with E-state index in [1.807, 2.05) is 32.1 Å². The molecule has 3 rings (SSSR count). The Morgan fingerprint density at radius 3 is 2.27 bits per heavy atom. The highest BCUT2D eigenvalue weighted by molar-refractivity contribution is 6.04. The van der Waals surface area contributed by atoms with E-state index in [-0.39, 0.29) is 41.5 Å². The van der Waals surface area contributed by atoms with Gasteiger partial charge in [-0.2, -0.15) is 4.98 Å². The van der Waals surface area contributed by atoms with Crippen molar-refractivity contribution in [3.63, 3.8) is 0 Å². The summed E-state index contributed by atoms with van der Waals surface area (Å²) in [6, 6.07) is 6.55. The van der Waals surface area contributed by atoms with Crippen LogP contribution < -0.4 is 15.5 Å². The van der Waals surface area contributed by atoms with Crippen molar-refractivity contribution in [1.29, 1.82) is 0 Å². The Balaban J connectivity index is 0.00000320. The molecule has 1 aliphatic carbocycles. The monoisotopic (exact) mass is 433 g/mol. The number of carbonyl (C=O) groups excluding carboxylic acids is 1. The Morgan fingerprint density at radius 2 is 1.67 bits per heavy atom. The first-order chi connectivity index (χ1) is 13.8. The van der Waals surface area contributed by atoms with Gasteiger partial charge < -0.3 is 20.6 Å². The number of halogens is 1. The van der Waals surface area contributed by atoms with Crippen molar-refractivity contribution in [3.05, 3.63) is 47.2 Å². The summed E-state index contributed by atoms with van der Waals surface area (Å²) >= 11 is 0. The van der Waals surface area contributed by atoms with Crippen molar-refractivity contribution < 1.29 is 14.7 Å². The molecule has 0 radical (unpaired) electrons. The molecule has 30 heavy (non-hydrogen) atoms. The average Bonchev–Trinajstić information content (AvgIpc) is 2.70. The van der Waals surface area contributed by atoms with E-state index in [4.69, 9.17) is 0 Å². The van der Waals surface area contributed by atoms with E-state index in [1.54, 1.807) is 18.2 Å². The van der Waals surface area contributed by atoms with Gasteiger partial charge in [0.1, 0.15) is 5.82 Å². The molecule has 9 heteroatoms. The van der Waals surface area contributed by atoms with Crippen LogP contribution in [0.4, 0.5) is 11.8 Å². The lowest BCUT2D eigenvalue weighted by atomic mass is 9.91. The highest BCUT2D eigenvalue weighted by Crippen LogP contribution is 2.23. The van der Waals surface area contributed by atoms with Gasteiger partial charge in [-0.1, -0.05) is 12.1 Å². The number of rotatable bonds is 6. The van der Waals surface area contributed by atoms with Crippen LogP contribution in [0.2, 0.25) is 0 Å². The maximum Gasteiger partial charge on any atom is 0.336 e. The van der Waals surface area contributed by atoms with Crippen molar-refractivity contribution in [2.45, 2.75) is 44.7 Å². The van der Waals surface area contributed by atoms with Crippen molar-refractivity contribution >= 4 is 36.0 Å². The minimum absolute atomic E-state index is 0. The van der Waals surface area contributed by atoms with Crippen molar-refractivity contribution in [1.82, 2.24) is 15.3 Å². The smallest absolute Gasteiger partial charge is 0.336 e. The van der Waals surface area contributed by atoms with Crippen LogP contribution in [-0.2, 0) is 0 Å². The Morgan fingerprint density at radius 1 is 1.07 bits per heavy atom. The van der Waals surface area contributed by atoms with Crippen molar-refractivity contribution in [2.75, 3.05) is 24.3 Å². The van der Waals surface area contributed by atoms with E-state index in [0.29, 0.717) is 5.95 Å². The fraction of sp³-hybridized carbons (Fsp3) is 0.429. The Kier molecular flexibility index (Phi) is 8.00. The number of nitrogens with one attached hydrogen (secondary N) is 2. The molecule has 0 bridgehead atoms. The second-order valence-corrected chi connectivity index (χ2v) is 7.61. The summed E-state index contributed by atoms with van der Waals surface area (Å²) in [5, 5.41) is 15.6. The summed E-state index contributed by atoms with van der Waals surface area (Å²) in [6.45, 7) is 1.98. The number of carboxylic acid groups (broad SMARTS) is 1. The molecule has 1 saturated carbocycles. The third-order valence-electron chi connectivity index (χ3n) is 5.17. The van der Waals surface area contributed by atoms with E-state index in [2.05, 4.69) is 20.6 Å². The summed E-state index contributed by atoms with van der Waals surface area (Å²) < 4.78 is 0. The number of nitrogens with zero attached hydrogens (tertiary/aromatic N) is 3. The lowest BCUT2D eigenvalue weighted by Crippen LogP contribution is -2.40. The Labute approximate surface area is 182 Å². The number of hydrogen-bond acceptors (Lipinski definition) is 6. The number of carbonyl (C=O) groups is 2. The van der Waals surface area contributed by atoms with Crippen LogP contribution in [0.3, 0.4) is 0 Å². The zero-order valence-corrected chi connectivity index (χ0v) is 18.2. The van der Waals surface area contributed by atoms with Gasteiger partial charge in [0, 0.05) is 37.9 Å². The van der Waals surface area contributed by atoms with E-state index >= 15 is 0 Å². The summed E-state index contributed by atoms with van der Waals surface area (Å²) in [5.41, 5.74) is 1.24. The molecule has 1 heterocycles. The van der Waals surface area contributed by atoms with E-state index in [0.717, 1.165) is 37.1 Å². The number of aromatic carboxylic acids is 1. The van der Waals surface area contributed by atoms with E-state index in [1.165, 1.54) is 6.07 Å². The second kappa shape index (κ2) is 10.2. The molecule has 0 unspecified atom stereocenters. The first-order valence-corrected chi connectivity index (χ1v) is 9.76. The molecular formula is C21H28ClN5O3. The van der Waals surface area contributed by atoms with Gasteiger partial charge in [0.15, 0.2) is 0 Å². The van der Waals surface area contributed by atoms with E-state index in [9.17, 15) is 14.7 Å².